The molecule has 40 heavy (non-hydrogen) atoms. The number of likely N-dealkylation sites (N-methyl/N-ethyl adjacent to an activating group) is 3. The number of rotatable bonds is 20. The van der Waals surface area contributed by atoms with Crippen molar-refractivity contribution in [2.75, 3.05) is 21.1 Å². The van der Waals surface area contributed by atoms with Crippen molar-refractivity contribution in [3.05, 3.63) is 0 Å². The van der Waals surface area contributed by atoms with Gasteiger partial charge in [0, 0.05) is 0 Å². The molecule has 0 saturated heterocycles. The lowest BCUT2D eigenvalue weighted by Crippen LogP contribution is -2.66. The summed E-state index contributed by atoms with van der Waals surface area (Å²) in [5, 5.41) is 51.0. The molecule has 0 aromatic carbocycles. The number of carboxylic acids is 1. The molecule has 0 radical (unpaired) electrons. The van der Waals surface area contributed by atoms with Crippen LogP contribution in [0, 0.1) is 11.8 Å². The Balaban J connectivity index is 6.75. The molecule has 0 heterocycles. The van der Waals surface area contributed by atoms with E-state index in [1.807, 2.05) is 0 Å². The smallest absolute Gasteiger partial charge is 0.344 e. The first-order valence-corrected chi connectivity index (χ1v) is 13.3. The fourth-order valence-electron chi connectivity index (χ4n) is 4.43. The molecular formula is C27H47N3O10. The predicted molar refractivity (Wildman–Crippen MR) is 146 cm³/mol. The summed E-state index contributed by atoms with van der Waals surface area (Å²) in [4.78, 5) is 78.3. The number of nitrogens with one attached hydrogen (secondary N) is 3. The molecule has 13 nitrogen and oxygen atoms in total. The minimum Gasteiger partial charge on any atom is -0.479 e. The van der Waals surface area contributed by atoms with Gasteiger partial charge in [-0.15, -0.1) is 0 Å². The highest BCUT2D eigenvalue weighted by molar-refractivity contribution is 6.25. The van der Waals surface area contributed by atoms with Crippen LogP contribution in [0.2, 0.25) is 0 Å². The third-order valence-corrected chi connectivity index (χ3v) is 7.45. The van der Waals surface area contributed by atoms with Gasteiger partial charge in [-0.05, 0) is 53.2 Å². The van der Waals surface area contributed by atoms with Crippen LogP contribution in [0.4, 0.5) is 0 Å². The second-order valence-corrected chi connectivity index (χ2v) is 11.0. The second-order valence-electron chi connectivity index (χ2n) is 11.0. The minimum absolute atomic E-state index is 0.0242. The van der Waals surface area contributed by atoms with Crippen molar-refractivity contribution < 1.29 is 49.2 Å². The van der Waals surface area contributed by atoms with Crippen LogP contribution < -0.4 is 16.0 Å². The summed E-state index contributed by atoms with van der Waals surface area (Å²) < 4.78 is 0. The van der Waals surface area contributed by atoms with Gasteiger partial charge in [-0.3, -0.25) is 24.0 Å². The molecule has 0 fully saturated rings. The zero-order valence-corrected chi connectivity index (χ0v) is 25.0. The summed E-state index contributed by atoms with van der Waals surface area (Å²) in [5.74, 6) is -9.35. The third-order valence-electron chi connectivity index (χ3n) is 7.45. The summed E-state index contributed by atoms with van der Waals surface area (Å²) in [6, 6.07) is -3.31. The average Bonchev–Trinajstić information content (AvgIpc) is 2.89. The standard InChI is InChI=1S/C27H47N3O10/c1-10-15(4)20(30-9)18(31)12-27(40,24(36)37)23(35)26(39,21(33)16(5)28-7)13-19(32)25(6,38)22(34)17(29-8)11-14(2)3/h14-17,20,28-30,38-40H,10-13H2,1-9H3,(H,36,37)/t15-,16+,17+,20+,25?,26?,27?/m0/s1. The van der Waals surface area contributed by atoms with E-state index in [1.54, 1.807) is 27.7 Å². The highest BCUT2D eigenvalue weighted by atomic mass is 16.4. The van der Waals surface area contributed by atoms with E-state index in [0.717, 1.165) is 6.92 Å². The number of Topliss-reactive ketones (excluding diaryl/α,β-unsaturated/α-hetero) is 5. The molecule has 0 bridgehead atoms. The van der Waals surface area contributed by atoms with E-state index < -0.39 is 82.7 Å². The molecule has 13 heteroatoms. The molecule has 0 saturated carbocycles. The van der Waals surface area contributed by atoms with Gasteiger partial charge in [0.05, 0.1) is 31.0 Å². The van der Waals surface area contributed by atoms with Crippen molar-refractivity contribution in [1.82, 2.24) is 16.0 Å². The van der Waals surface area contributed by atoms with Gasteiger partial charge in [0.1, 0.15) is 0 Å². The molecule has 230 valence electrons. The topological polar surface area (TPSA) is 219 Å². The monoisotopic (exact) mass is 573 g/mol. The Morgan fingerprint density at radius 1 is 0.775 bits per heavy atom. The third kappa shape index (κ3) is 8.30. The summed E-state index contributed by atoms with van der Waals surface area (Å²) in [6.45, 7) is 9.11. The first-order valence-electron chi connectivity index (χ1n) is 13.3. The van der Waals surface area contributed by atoms with Crippen molar-refractivity contribution in [2.45, 2.75) is 102 Å². The largest absolute Gasteiger partial charge is 0.479 e. The fraction of sp³-hybridized carbons (Fsp3) is 0.778. The average molecular weight is 574 g/mol. The van der Waals surface area contributed by atoms with Gasteiger partial charge in [-0.2, -0.15) is 0 Å². The Morgan fingerprint density at radius 2 is 1.30 bits per heavy atom. The Bertz CT molecular complexity index is 966. The molecule has 3 unspecified atom stereocenters. The Kier molecular flexibility index (Phi) is 14.1. The summed E-state index contributed by atoms with van der Waals surface area (Å²) in [5.41, 5.74) is -9.93. The molecule has 0 rings (SSSR count). The molecule has 0 amide bonds. The number of carbonyl (C=O) groups excluding carboxylic acids is 5. The lowest BCUT2D eigenvalue weighted by atomic mass is 9.72. The molecule has 0 aliphatic heterocycles. The number of hydrogen-bond acceptors (Lipinski definition) is 12. The SMILES string of the molecule is CC[C@H](C)[C@@H](NC)C(=O)CC(O)(C(=O)O)C(=O)C(O)(CC(=O)C(C)(O)C(=O)[C@@H](CC(C)C)NC)C(=O)[C@@H](C)NC. The van der Waals surface area contributed by atoms with Crippen LogP contribution in [0.3, 0.4) is 0 Å². The van der Waals surface area contributed by atoms with Crippen molar-refractivity contribution in [3.8, 4) is 0 Å². The first kappa shape index (κ1) is 37.6. The molecule has 0 aliphatic rings. The molecule has 0 spiro atoms. The minimum atomic E-state index is -3.61. The molecule has 0 aromatic rings. The van der Waals surface area contributed by atoms with Crippen molar-refractivity contribution in [2.24, 2.45) is 11.8 Å². The van der Waals surface area contributed by atoms with Gasteiger partial charge < -0.3 is 36.4 Å². The molecule has 7 N–H and O–H groups in total. The van der Waals surface area contributed by atoms with E-state index in [1.165, 1.54) is 28.1 Å². The predicted octanol–water partition coefficient (Wildman–Crippen LogP) is -1.21. The Hall–Kier alpha value is -2.42. The van der Waals surface area contributed by atoms with Crippen molar-refractivity contribution >= 4 is 34.9 Å². The van der Waals surface area contributed by atoms with E-state index in [2.05, 4.69) is 16.0 Å². The Labute approximate surface area is 235 Å². The first-order chi connectivity index (χ1) is 18.2. The molecule has 7 atom stereocenters. The molecule has 0 aliphatic carbocycles. The highest BCUT2D eigenvalue weighted by Crippen LogP contribution is 2.30. The van der Waals surface area contributed by atoms with Gasteiger partial charge in [0.2, 0.25) is 11.4 Å². The number of carbonyl (C=O) groups is 6. The Morgan fingerprint density at radius 3 is 1.68 bits per heavy atom. The van der Waals surface area contributed by atoms with Gasteiger partial charge in [0.25, 0.3) is 0 Å². The number of hydrogen-bond donors (Lipinski definition) is 7. The van der Waals surface area contributed by atoms with Crippen LogP contribution in [-0.4, -0.2) is 111 Å². The van der Waals surface area contributed by atoms with Crippen LogP contribution in [0.15, 0.2) is 0 Å². The van der Waals surface area contributed by atoms with E-state index in [9.17, 15) is 49.2 Å². The highest BCUT2D eigenvalue weighted by Gasteiger charge is 2.61. The van der Waals surface area contributed by atoms with Crippen LogP contribution in [0.1, 0.15) is 67.2 Å². The van der Waals surface area contributed by atoms with Crippen LogP contribution >= 0.6 is 0 Å². The lowest BCUT2D eigenvalue weighted by Gasteiger charge is -2.35. The van der Waals surface area contributed by atoms with E-state index in [0.29, 0.717) is 6.42 Å². The maximum absolute atomic E-state index is 13.6. The van der Waals surface area contributed by atoms with Crippen molar-refractivity contribution in [3.63, 3.8) is 0 Å². The van der Waals surface area contributed by atoms with Gasteiger partial charge in [0.15, 0.2) is 34.3 Å². The summed E-state index contributed by atoms with van der Waals surface area (Å²) in [6.07, 6.45) is -2.14. The van der Waals surface area contributed by atoms with Gasteiger partial charge in [-0.1, -0.05) is 34.1 Å². The van der Waals surface area contributed by atoms with Gasteiger partial charge in [-0.25, -0.2) is 4.79 Å². The fourth-order valence-corrected chi connectivity index (χ4v) is 4.43. The zero-order valence-electron chi connectivity index (χ0n) is 25.0. The van der Waals surface area contributed by atoms with E-state index in [-0.39, 0.29) is 18.3 Å². The van der Waals surface area contributed by atoms with Crippen LogP contribution in [-0.2, 0) is 28.8 Å². The maximum atomic E-state index is 13.6. The molecule has 0 aromatic heterocycles. The number of carboxylic acid groups (broad SMARTS) is 1. The summed E-state index contributed by atoms with van der Waals surface area (Å²) >= 11 is 0. The number of aliphatic carboxylic acids is 1. The van der Waals surface area contributed by atoms with Crippen LogP contribution in [0.5, 0.6) is 0 Å². The molecular weight excluding hydrogens is 526 g/mol. The maximum Gasteiger partial charge on any atom is 0.344 e. The van der Waals surface area contributed by atoms with Crippen molar-refractivity contribution in [1.29, 1.82) is 0 Å². The summed E-state index contributed by atoms with van der Waals surface area (Å²) in [7, 11) is 4.15. The number of aliphatic hydroxyl groups is 3. The van der Waals surface area contributed by atoms with Gasteiger partial charge >= 0.3 is 5.97 Å². The second kappa shape index (κ2) is 15.0. The van der Waals surface area contributed by atoms with Crippen LogP contribution in [0.25, 0.3) is 0 Å². The zero-order chi connectivity index (χ0) is 31.8. The normalized spacial score (nSPS) is 19.3. The van der Waals surface area contributed by atoms with E-state index in [4.69, 9.17) is 0 Å². The quantitative estimate of drug-likeness (QED) is 0.0851. The lowest BCUT2D eigenvalue weighted by molar-refractivity contribution is -0.181. The number of ketones is 5. The van der Waals surface area contributed by atoms with E-state index >= 15 is 0 Å².